The molecule has 0 saturated carbocycles. The third-order valence-corrected chi connectivity index (χ3v) is 4.26. The van der Waals surface area contributed by atoms with Crippen LogP contribution in [-0.2, 0) is 9.84 Å². The van der Waals surface area contributed by atoms with Gasteiger partial charge in [-0.2, -0.15) is 5.26 Å². The molecule has 0 spiro atoms. The summed E-state index contributed by atoms with van der Waals surface area (Å²) in [6, 6.07) is 1.72. The Kier molecular flexibility index (Phi) is 4.21. The fourth-order valence-electron chi connectivity index (χ4n) is 0.821. The van der Waals surface area contributed by atoms with E-state index in [0.717, 1.165) is 0 Å². The molecule has 0 radical (unpaired) electrons. The van der Waals surface area contributed by atoms with Gasteiger partial charge in [0.15, 0.2) is 9.84 Å². The second-order valence-electron chi connectivity index (χ2n) is 2.75. The van der Waals surface area contributed by atoms with Gasteiger partial charge in [0, 0.05) is 0 Å². The van der Waals surface area contributed by atoms with Crippen molar-refractivity contribution in [1.29, 1.82) is 5.26 Å². The number of nitrogens with two attached hydrogens (primary N) is 1. The zero-order valence-electron chi connectivity index (χ0n) is 7.32. The molecule has 0 aromatic rings. The van der Waals surface area contributed by atoms with Crippen molar-refractivity contribution in [3.05, 3.63) is 0 Å². The average Bonchev–Trinajstić information content (AvgIpc) is 2.03. The minimum absolute atomic E-state index is 0.332. The molecule has 0 aliphatic heterocycles. The van der Waals surface area contributed by atoms with Crippen LogP contribution in [0.4, 0.5) is 0 Å². The highest BCUT2D eigenvalue weighted by Crippen LogP contribution is 2.10. The summed E-state index contributed by atoms with van der Waals surface area (Å²) in [5.74, 6) is 0. The highest BCUT2D eigenvalue weighted by atomic mass is 32.2. The third-order valence-electron chi connectivity index (χ3n) is 1.81. The van der Waals surface area contributed by atoms with Crippen molar-refractivity contribution in [2.24, 2.45) is 5.73 Å². The van der Waals surface area contributed by atoms with Crippen molar-refractivity contribution in [2.45, 2.75) is 30.8 Å². The lowest BCUT2D eigenvalue weighted by molar-refractivity contribution is 0.574. The molecule has 0 saturated heterocycles. The Morgan fingerprint density at radius 2 is 2.00 bits per heavy atom. The molecule has 0 fully saturated rings. The van der Waals surface area contributed by atoms with Gasteiger partial charge in [-0.1, -0.05) is 0 Å². The fourth-order valence-corrected chi connectivity index (χ4v) is 2.13. The minimum atomic E-state index is -3.29. The van der Waals surface area contributed by atoms with Gasteiger partial charge in [0.2, 0.25) is 0 Å². The first-order chi connectivity index (χ1) is 5.46. The van der Waals surface area contributed by atoms with Crippen LogP contribution in [0.15, 0.2) is 0 Å². The monoisotopic (exact) mass is 190 g/mol. The largest absolute Gasteiger partial charge is 0.330 e. The van der Waals surface area contributed by atoms with Crippen molar-refractivity contribution < 1.29 is 8.42 Å². The highest BCUT2D eigenvalue weighted by molar-refractivity contribution is 7.92. The number of nitrogens with zero attached hydrogens (tertiary/aromatic N) is 1. The van der Waals surface area contributed by atoms with E-state index in [1.807, 2.05) is 0 Å². The quantitative estimate of drug-likeness (QED) is 0.679. The van der Waals surface area contributed by atoms with Crippen LogP contribution in [0.25, 0.3) is 0 Å². The minimum Gasteiger partial charge on any atom is -0.330 e. The van der Waals surface area contributed by atoms with Crippen LogP contribution in [-0.4, -0.2) is 25.5 Å². The summed E-state index contributed by atoms with van der Waals surface area (Å²) >= 11 is 0. The van der Waals surface area contributed by atoms with E-state index in [1.54, 1.807) is 13.0 Å². The topological polar surface area (TPSA) is 84.0 Å². The number of hydrogen-bond acceptors (Lipinski definition) is 4. The van der Waals surface area contributed by atoms with Gasteiger partial charge >= 0.3 is 0 Å². The lowest BCUT2D eigenvalue weighted by Crippen LogP contribution is -2.28. The molecule has 0 aromatic carbocycles. The molecule has 0 rings (SSSR count). The highest BCUT2D eigenvalue weighted by Gasteiger charge is 2.26. The van der Waals surface area contributed by atoms with Crippen molar-refractivity contribution >= 4 is 9.84 Å². The van der Waals surface area contributed by atoms with Crippen LogP contribution in [0.5, 0.6) is 0 Å². The summed E-state index contributed by atoms with van der Waals surface area (Å²) in [5.41, 5.74) is 5.22. The van der Waals surface area contributed by atoms with Crippen LogP contribution in [0, 0.1) is 11.3 Å². The summed E-state index contributed by atoms with van der Waals surface area (Å²) in [7, 11) is -3.29. The summed E-state index contributed by atoms with van der Waals surface area (Å²) in [6.45, 7) is 3.30. The van der Waals surface area contributed by atoms with Gasteiger partial charge in [-0.25, -0.2) is 8.42 Å². The van der Waals surface area contributed by atoms with Gasteiger partial charge in [0.25, 0.3) is 0 Å². The van der Waals surface area contributed by atoms with Crippen molar-refractivity contribution in [3.63, 3.8) is 0 Å². The first-order valence-corrected chi connectivity index (χ1v) is 5.40. The lowest BCUT2D eigenvalue weighted by atomic mass is 10.3. The van der Waals surface area contributed by atoms with E-state index in [4.69, 9.17) is 11.0 Å². The normalized spacial score (nSPS) is 16.5. The molecular weight excluding hydrogens is 176 g/mol. The fraction of sp³-hybridized carbons (Fsp3) is 0.857. The van der Waals surface area contributed by atoms with Gasteiger partial charge in [-0.15, -0.1) is 0 Å². The van der Waals surface area contributed by atoms with E-state index in [1.165, 1.54) is 6.92 Å². The number of sulfone groups is 1. The van der Waals surface area contributed by atoms with Crippen LogP contribution in [0.1, 0.15) is 20.3 Å². The van der Waals surface area contributed by atoms with Gasteiger partial charge < -0.3 is 5.73 Å². The average molecular weight is 190 g/mol. The van der Waals surface area contributed by atoms with Crippen molar-refractivity contribution in [1.82, 2.24) is 0 Å². The van der Waals surface area contributed by atoms with Gasteiger partial charge in [0.1, 0.15) is 5.25 Å². The van der Waals surface area contributed by atoms with Gasteiger partial charge in [0.05, 0.1) is 11.3 Å². The number of nitriles is 1. The SMILES string of the molecule is CC(C#N)S(=O)(=O)C(C)CCN. The lowest BCUT2D eigenvalue weighted by Gasteiger charge is -2.12. The van der Waals surface area contributed by atoms with Crippen molar-refractivity contribution in [3.8, 4) is 6.07 Å². The molecule has 0 aliphatic rings. The first kappa shape index (κ1) is 11.4. The second-order valence-corrected chi connectivity index (χ2v) is 5.44. The van der Waals surface area contributed by atoms with E-state index in [0.29, 0.717) is 13.0 Å². The van der Waals surface area contributed by atoms with Gasteiger partial charge in [-0.3, -0.25) is 0 Å². The van der Waals surface area contributed by atoms with Crippen LogP contribution in [0.2, 0.25) is 0 Å². The summed E-state index contributed by atoms with van der Waals surface area (Å²) < 4.78 is 22.7. The van der Waals surface area contributed by atoms with E-state index in [2.05, 4.69) is 0 Å². The standard InChI is InChI=1S/C7H14N2O2S/c1-6(3-4-8)12(10,11)7(2)5-9/h6-7H,3-4,8H2,1-2H3. The Labute approximate surface area is 73.3 Å². The summed E-state index contributed by atoms with van der Waals surface area (Å²) in [4.78, 5) is 0. The molecule has 4 nitrogen and oxygen atoms in total. The maximum absolute atomic E-state index is 11.4. The maximum Gasteiger partial charge on any atom is 0.168 e. The molecule has 0 aromatic heterocycles. The molecule has 5 heteroatoms. The van der Waals surface area contributed by atoms with E-state index < -0.39 is 20.3 Å². The summed E-state index contributed by atoms with van der Waals surface area (Å²) in [6.07, 6.45) is 0.411. The Balaban J connectivity index is 4.53. The zero-order chi connectivity index (χ0) is 9.78. The molecule has 0 heterocycles. The van der Waals surface area contributed by atoms with E-state index >= 15 is 0 Å². The second kappa shape index (κ2) is 4.43. The predicted octanol–water partition coefficient (Wildman–Crippen LogP) is 0.0506. The van der Waals surface area contributed by atoms with E-state index in [9.17, 15) is 8.42 Å². The molecule has 0 amide bonds. The number of hydrogen-bond donors (Lipinski definition) is 1. The zero-order valence-corrected chi connectivity index (χ0v) is 8.13. The molecule has 0 bridgehead atoms. The molecule has 12 heavy (non-hydrogen) atoms. The van der Waals surface area contributed by atoms with Crippen molar-refractivity contribution in [2.75, 3.05) is 6.54 Å². The molecule has 2 unspecified atom stereocenters. The van der Waals surface area contributed by atoms with Crippen LogP contribution in [0.3, 0.4) is 0 Å². The third kappa shape index (κ3) is 2.47. The van der Waals surface area contributed by atoms with Crippen LogP contribution >= 0.6 is 0 Å². The predicted molar refractivity (Wildman–Crippen MR) is 47.1 cm³/mol. The van der Waals surface area contributed by atoms with Gasteiger partial charge in [-0.05, 0) is 26.8 Å². The smallest absolute Gasteiger partial charge is 0.168 e. The first-order valence-electron chi connectivity index (χ1n) is 3.79. The Morgan fingerprint density at radius 1 is 1.50 bits per heavy atom. The number of rotatable bonds is 4. The Bertz CT molecular complexity index is 266. The molecule has 0 aliphatic carbocycles. The van der Waals surface area contributed by atoms with Crippen LogP contribution < -0.4 is 5.73 Å². The molecule has 70 valence electrons. The Hall–Kier alpha value is -0.600. The maximum atomic E-state index is 11.4. The summed E-state index contributed by atoms with van der Waals surface area (Å²) in [5, 5.41) is 6.98. The molecule has 2 atom stereocenters. The molecule has 2 N–H and O–H groups in total. The van der Waals surface area contributed by atoms with E-state index in [-0.39, 0.29) is 0 Å². The molecular formula is C7H14N2O2S. The Morgan fingerprint density at radius 3 is 2.33 bits per heavy atom.